The van der Waals surface area contributed by atoms with E-state index in [9.17, 15) is 14.9 Å². The van der Waals surface area contributed by atoms with Gasteiger partial charge in [0.1, 0.15) is 5.02 Å². The van der Waals surface area contributed by atoms with E-state index >= 15 is 0 Å². The van der Waals surface area contributed by atoms with Crippen LogP contribution in [0.1, 0.15) is 37.5 Å². The Kier molecular flexibility index (Phi) is 8.47. The van der Waals surface area contributed by atoms with Crippen LogP contribution in [0.4, 0.5) is 5.69 Å². The van der Waals surface area contributed by atoms with Crippen molar-refractivity contribution in [3.63, 3.8) is 0 Å². The lowest BCUT2D eigenvalue weighted by Crippen LogP contribution is -2.20. The van der Waals surface area contributed by atoms with Gasteiger partial charge in [-0.05, 0) is 36.1 Å². The Morgan fingerprint density at radius 2 is 1.79 bits per heavy atom. The predicted molar refractivity (Wildman–Crippen MR) is 155 cm³/mol. The van der Waals surface area contributed by atoms with Crippen molar-refractivity contribution in [3.05, 3.63) is 98.6 Å². The molecule has 0 atom stereocenters. The Morgan fingerprint density at radius 1 is 1.10 bits per heavy atom. The minimum atomic E-state index is -0.577. The Labute approximate surface area is 235 Å². The fourth-order valence-electron chi connectivity index (χ4n) is 3.69. The van der Waals surface area contributed by atoms with Gasteiger partial charge in [0.25, 0.3) is 11.6 Å². The van der Waals surface area contributed by atoms with Crippen molar-refractivity contribution >= 4 is 41.2 Å². The number of hydrogen-bond acceptors (Lipinski definition) is 7. The molecule has 0 aliphatic heterocycles. The SMILES string of the molecule is Cc1ccc(-n2c(SCC(=O)NN=Cc3ccc(Cl)c([N+](=O)[O-])c3)nnc2-c2ccc(C(C)(C)C)cc2)cc1. The smallest absolute Gasteiger partial charge is 0.272 e. The second-order valence-electron chi connectivity index (χ2n) is 9.85. The molecule has 39 heavy (non-hydrogen) atoms. The Bertz CT molecular complexity index is 1530. The average Bonchev–Trinajstić information content (AvgIpc) is 3.32. The summed E-state index contributed by atoms with van der Waals surface area (Å²) < 4.78 is 1.93. The van der Waals surface area contributed by atoms with Crippen LogP contribution in [-0.4, -0.2) is 37.6 Å². The van der Waals surface area contributed by atoms with E-state index in [0.717, 1.165) is 16.8 Å². The van der Waals surface area contributed by atoms with Gasteiger partial charge in [-0.25, -0.2) is 5.43 Å². The van der Waals surface area contributed by atoms with Gasteiger partial charge >= 0.3 is 0 Å². The Morgan fingerprint density at radius 3 is 2.44 bits per heavy atom. The number of amides is 1. The number of rotatable bonds is 8. The Balaban J connectivity index is 1.52. The van der Waals surface area contributed by atoms with Gasteiger partial charge in [-0.3, -0.25) is 19.5 Å². The normalized spacial score (nSPS) is 11.6. The molecule has 0 fully saturated rings. The molecule has 3 aromatic carbocycles. The van der Waals surface area contributed by atoms with Gasteiger partial charge in [0.05, 0.1) is 16.9 Å². The minimum absolute atomic E-state index is 0.0276. The van der Waals surface area contributed by atoms with Gasteiger partial charge in [0, 0.05) is 22.9 Å². The first kappa shape index (κ1) is 28.0. The zero-order chi connectivity index (χ0) is 28.2. The highest BCUT2D eigenvalue weighted by Crippen LogP contribution is 2.30. The molecular formula is C28H27ClN6O3S. The van der Waals surface area contributed by atoms with Crippen molar-refractivity contribution in [2.24, 2.45) is 5.10 Å². The van der Waals surface area contributed by atoms with Crippen LogP contribution < -0.4 is 5.43 Å². The highest BCUT2D eigenvalue weighted by Gasteiger charge is 2.19. The summed E-state index contributed by atoms with van der Waals surface area (Å²) in [5.74, 6) is 0.337. The van der Waals surface area contributed by atoms with Crippen molar-refractivity contribution < 1.29 is 9.72 Å². The lowest BCUT2D eigenvalue weighted by molar-refractivity contribution is -0.384. The maximum absolute atomic E-state index is 12.5. The van der Waals surface area contributed by atoms with E-state index in [2.05, 4.69) is 53.6 Å². The summed E-state index contributed by atoms with van der Waals surface area (Å²) in [6.45, 7) is 8.52. The molecule has 9 nitrogen and oxygen atoms in total. The lowest BCUT2D eigenvalue weighted by Gasteiger charge is -2.19. The molecule has 4 rings (SSSR count). The van der Waals surface area contributed by atoms with E-state index in [1.165, 1.54) is 35.7 Å². The maximum Gasteiger partial charge on any atom is 0.288 e. The topological polar surface area (TPSA) is 115 Å². The molecule has 1 amide bonds. The average molecular weight is 563 g/mol. The third kappa shape index (κ3) is 6.90. The molecule has 0 aliphatic carbocycles. The van der Waals surface area contributed by atoms with Crippen LogP contribution in [0.5, 0.6) is 0 Å². The first-order valence-corrected chi connectivity index (χ1v) is 13.4. The zero-order valence-corrected chi connectivity index (χ0v) is 23.5. The quantitative estimate of drug-likeness (QED) is 0.116. The van der Waals surface area contributed by atoms with Crippen LogP contribution in [0.25, 0.3) is 17.1 Å². The number of nitro benzene ring substituents is 1. The molecule has 0 saturated heterocycles. The molecule has 1 heterocycles. The highest BCUT2D eigenvalue weighted by molar-refractivity contribution is 7.99. The molecule has 0 unspecified atom stereocenters. The fraction of sp³-hybridized carbons (Fsp3) is 0.214. The summed E-state index contributed by atoms with van der Waals surface area (Å²) in [6, 6.07) is 20.5. The van der Waals surface area contributed by atoms with E-state index in [1.54, 1.807) is 6.07 Å². The molecule has 0 radical (unpaired) electrons. The van der Waals surface area contributed by atoms with E-state index in [1.807, 2.05) is 47.9 Å². The molecule has 0 bridgehead atoms. The molecule has 0 aliphatic rings. The number of halogens is 1. The highest BCUT2D eigenvalue weighted by atomic mass is 35.5. The molecule has 1 N–H and O–H groups in total. The van der Waals surface area contributed by atoms with Crippen LogP contribution in [-0.2, 0) is 10.2 Å². The second-order valence-corrected chi connectivity index (χ2v) is 11.2. The van der Waals surface area contributed by atoms with Crippen molar-refractivity contribution in [2.45, 2.75) is 38.3 Å². The van der Waals surface area contributed by atoms with Gasteiger partial charge in [0.15, 0.2) is 11.0 Å². The molecule has 200 valence electrons. The van der Waals surface area contributed by atoms with Crippen LogP contribution in [0.15, 0.2) is 77.0 Å². The predicted octanol–water partition coefficient (Wildman–Crippen LogP) is 6.34. The van der Waals surface area contributed by atoms with Crippen LogP contribution in [0.2, 0.25) is 5.02 Å². The number of nitrogens with one attached hydrogen (secondary N) is 1. The molecule has 0 spiro atoms. The van der Waals surface area contributed by atoms with Crippen LogP contribution in [0.3, 0.4) is 0 Å². The number of nitrogens with zero attached hydrogens (tertiary/aromatic N) is 5. The lowest BCUT2D eigenvalue weighted by atomic mass is 9.87. The van der Waals surface area contributed by atoms with E-state index in [0.29, 0.717) is 16.5 Å². The van der Waals surface area contributed by atoms with E-state index in [4.69, 9.17) is 11.6 Å². The first-order valence-electron chi connectivity index (χ1n) is 12.0. The maximum atomic E-state index is 12.5. The fourth-order valence-corrected chi connectivity index (χ4v) is 4.62. The molecule has 4 aromatic rings. The number of carbonyl (C=O) groups is 1. The number of thioether (sulfide) groups is 1. The Hall–Kier alpha value is -4.02. The summed E-state index contributed by atoms with van der Waals surface area (Å²) in [5.41, 5.74) is 6.80. The van der Waals surface area contributed by atoms with Gasteiger partial charge in [-0.2, -0.15) is 5.10 Å². The number of aryl methyl sites for hydroxylation is 1. The van der Waals surface area contributed by atoms with E-state index < -0.39 is 4.92 Å². The number of hydrazone groups is 1. The second kappa shape index (κ2) is 11.8. The number of hydrogen-bond donors (Lipinski definition) is 1. The molecule has 0 saturated carbocycles. The van der Waals surface area contributed by atoms with E-state index in [-0.39, 0.29) is 27.8 Å². The van der Waals surface area contributed by atoms with Gasteiger partial charge in [-0.1, -0.05) is 92.2 Å². The summed E-state index contributed by atoms with van der Waals surface area (Å²) >= 11 is 7.06. The number of benzene rings is 3. The first-order chi connectivity index (χ1) is 18.5. The van der Waals surface area contributed by atoms with Crippen LogP contribution >= 0.6 is 23.4 Å². The molecule has 1 aromatic heterocycles. The van der Waals surface area contributed by atoms with Gasteiger partial charge in [-0.15, -0.1) is 10.2 Å². The van der Waals surface area contributed by atoms with Gasteiger partial charge in [0.2, 0.25) is 0 Å². The van der Waals surface area contributed by atoms with Crippen molar-refractivity contribution in [2.75, 3.05) is 5.75 Å². The van der Waals surface area contributed by atoms with Crippen molar-refractivity contribution in [1.29, 1.82) is 0 Å². The van der Waals surface area contributed by atoms with Crippen molar-refractivity contribution in [3.8, 4) is 17.1 Å². The third-order valence-electron chi connectivity index (χ3n) is 5.84. The summed E-state index contributed by atoms with van der Waals surface area (Å²) in [7, 11) is 0. The van der Waals surface area contributed by atoms with Gasteiger partial charge < -0.3 is 0 Å². The minimum Gasteiger partial charge on any atom is -0.272 e. The molecular weight excluding hydrogens is 536 g/mol. The molecule has 11 heteroatoms. The number of nitro groups is 1. The number of carbonyl (C=O) groups excluding carboxylic acids is 1. The standard InChI is InChI=1S/C28H27ClN6O3S/c1-18-5-12-22(13-6-18)34-26(20-8-10-21(11-9-20)28(2,3)4)32-33-27(34)39-17-25(36)31-30-16-19-7-14-23(29)24(15-19)35(37)38/h5-16H,17H2,1-4H3,(H,31,36). The zero-order valence-electron chi connectivity index (χ0n) is 21.9. The third-order valence-corrected chi connectivity index (χ3v) is 7.09. The summed E-state index contributed by atoms with van der Waals surface area (Å²) in [4.78, 5) is 23.0. The summed E-state index contributed by atoms with van der Waals surface area (Å²) in [5, 5.41) is 24.4. The van der Waals surface area contributed by atoms with Crippen molar-refractivity contribution in [1.82, 2.24) is 20.2 Å². The monoisotopic (exact) mass is 562 g/mol. The van der Waals surface area contributed by atoms with Crippen LogP contribution in [0, 0.1) is 17.0 Å². The number of aromatic nitrogens is 3. The summed E-state index contributed by atoms with van der Waals surface area (Å²) in [6.07, 6.45) is 1.32. The largest absolute Gasteiger partial charge is 0.288 e.